The summed E-state index contributed by atoms with van der Waals surface area (Å²) >= 11 is 8.88. The average molecular weight is 496 g/mol. The van der Waals surface area contributed by atoms with E-state index in [9.17, 15) is 9.18 Å². The van der Waals surface area contributed by atoms with Crippen LogP contribution in [0.4, 0.5) is 9.52 Å². The summed E-state index contributed by atoms with van der Waals surface area (Å²) in [6, 6.07) is 13.5. The summed E-state index contributed by atoms with van der Waals surface area (Å²) in [5.41, 5.74) is 2.52. The van der Waals surface area contributed by atoms with Crippen molar-refractivity contribution in [2.75, 3.05) is 10.8 Å². The number of benzene rings is 2. The van der Waals surface area contributed by atoms with Gasteiger partial charge in [0.2, 0.25) is 5.13 Å². The van der Waals surface area contributed by atoms with Crippen LogP contribution in [0.15, 0.2) is 76.8 Å². The van der Waals surface area contributed by atoms with Crippen LogP contribution in [0.25, 0.3) is 18.2 Å². The van der Waals surface area contributed by atoms with Crippen molar-refractivity contribution >= 4 is 69.7 Å². The number of hydrogen-bond acceptors (Lipinski definition) is 5. The van der Waals surface area contributed by atoms with Crippen LogP contribution >= 0.6 is 34.7 Å². The third-order valence-corrected chi connectivity index (χ3v) is 7.00. The topological polar surface area (TPSA) is 45.6 Å². The van der Waals surface area contributed by atoms with Crippen LogP contribution in [-0.4, -0.2) is 22.4 Å². The molecule has 0 N–H and O–H groups in total. The number of amides is 1. The Bertz CT molecular complexity index is 1280. The van der Waals surface area contributed by atoms with Crippen molar-refractivity contribution in [1.29, 1.82) is 0 Å². The lowest BCUT2D eigenvalue weighted by molar-refractivity contribution is -0.114. The molecule has 1 aliphatic heterocycles. The summed E-state index contributed by atoms with van der Waals surface area (Å²) in [6.07, 6.45) is 7.20. The lowest BCUT2D eigenvalue weighted by atomic mass is 10.1. The SMILES string of the molecule is C=Cc1sc(N2N=C(CSc3ccc(Cl)cc3)/C(=C\c3ccc(F)cc3)C2=O)nc1/C=C\C. The van der Waals surface area contributed by atoms with Gasteiger partial charge in [-0.25, -0.2) is 9.37 Å². The molecule has 1 aliphatic rings. The summed E-state index contributed by atoms with van der Waals surface area (Å²) in [7, 11) is 0. The van der Waals surface area contributed by atoms with Gasteiger partial charge in [-0.05, 0) is 67.1 Å². The van der Waals surface area contributed by atoms with Crippen LogP contribution in [0, 0.1) is 5.82 Å². The molecule has 0 saturated heterocycles. The highest BCUT2D eigenvalue weighted by atomic mass is 35.5. The maximum absolute atomic E-state index is 13.4. The van der Waals surface area contributed by atoms with Crippen LogP contribution in [-0.2, 0) is 4.79 Å². The Balaban J connectivity index is 1.69. The first-order valence-electron chi connectivity index (χ1n) is 10.0. The summed E-state index contributed by atoms with van der Waals surface area (Å²) in [4.78, 5) is 19.8. The Kier molecular flexibility index (Phi) is 7.23. The number of allylic oxidation sites excluding steroid dienone is 1. The van der Waals surface area contributed by atoms with E-state index in [1.165, 1.54) is 28.5 Å². The van der Waals surface area contributed by atoms with Crippen LogP contribution in [0.3, 0.4) is 0 Å². The number of aromatic nitrogens is 1. The minimum Gasteiger partial charge on any atom is -0.267 e. The molecular formula is C25H19ClFN3OS2. The number of nitrogens with zero attached hydrogens (tertiary/aromatic N) is 3. The van der Waals surface area contributed by atoms with E-state index in [1.807, 2.05) is 43.3 Å². The molecule has 4 rings (SSSR count). The first-order valence-corrected chi connectivity index (χ1v) is 12.2. The van der Waals surface area contributed by atoms with E-state index in [1.54, 1.807) is 36.0 Å². The Hall–Kier alpha value is -3.00. The minimum absolute atomic E-state index is 0.276. The molecule has 166 valence electrons. The molecule has 4 nitrogen and oxygen atoms in total. The fourth-order valence-corrected chi connectivity index (χ4v) is 4.92. The van der Waals surface area contributed by atoms with E-state index >= 15 is 0 Å². The lowest BCUT2D eigenvalue weighted by Crippen LogP contribution is -2.21. The highest BCUT2D eigenvalue weighted by Gasteiger charge is 2.33. The Labute approximate surface area is 204 Å². The molecular weight excluding hydrogens is 477 g/mol. The predicted octanol–water partition coefficient (Wildman–Crippen LogP) is 7.19. The van der Waals surface area contributed by atoms with Crippen LogP contribution in [0.5, 0.6) is 0 Å². The monoisotopic (exact) mass is 495 g/mol. The third kappa shape index (κ3) is 5.33. The molecule has 2 heterocycles. The lowest BCUT2D eigenvalue weighted by Gasteiger charge is -2.06. The third-order valence-electron chi connectivity index (χ3n) is 4.69. The van der Waals surface area contributed by atoms with Crippen molar-refractivity contribution in [1.82, 2.24) is 4.98 Å². The van der Waals surface area contributed by atoms with Gasteiger partial charge in [0.15, 0.2) is 0 Å². The molecule has 0 saturated carbocycles. The average Bonchev–Trinajstić information content (AvgIpc) is 3.36. The molecule has 0 atom stereocenters. The Morgan fingerprint density at radius 1 is 1.18 bits per heavy atom. The zero-order valence-corrected chi connectivity index (χ0v) is 20.1. The van der Waals surface area contributed by atoms with Gasteiger partial charge in [0, 0.05) is 15.7 Å². The van der Waals surface area contributed by atoms with E-state index < -0.39 is 0 Å². The van der Waals surface area contributed by atoms with Crippen molar-refractivity contribution < 1.29 is 9.18 Å². The number of halogens is 2. The second-order valence-corrected chi connectivity index (χ2v) is 9.46. The second-order valence-electron chi connectivity index (χ2n) is 6.97. The van der Waals surface area contributed by atoms with Crippen molar-refractivity contribution in [3.05, 3.63) is 93.7 Å². The number of anilines is 1. The van der Waals surface area contributed by atoms with E-state index in [-0.39, 0.29) is 11.7 Å². The zero-order valence-electron chi connectivity index (χ0n) is 17.7. The van der Waals surface area contributed by atoms with Gasteiger partial charge in [-0.3, -0.25) is 4.79 Å². The van der Waals surface area contributed by atoms with Crippen LogP contribution in [0.1, 0.15) is 23.1 Å². The summed E-state index contributed by atoms with van der Waals surface area (Å²) in [6.45, 7) is 5.74. The summed E-state index contributed by atoms with van der Waals surface area (Å²) in [5, 5.41) is 7.08. The fourth-order valence-electron chi connectivity index (χ4n) is 3.09. The summed E-state index contributed by atoms with van der Waals surface area (Å²) < 4.78 is 13.4. The molecule has 8 heteroatoms. The van der Waals surface area contributed by atoms with Gasteiger partial charge in [0.05, 0.1) is 21.9 Å². The molecule has 1 aromatic heterocycles. The zero-order chi connectivity index (χ0) is 23.4. The number of carbonyl (C=O) groups excluding carboxylic acids is 1. The first-order chi connectivity index (χ1) is 16.0. The quantitative estimate of drug-likeness (QED) is 0.257. The Morgan fingerprint density at radius 3 is 2.58 bits per heavy atom. The highest BCUT2D eigenvalue weighted by Crippen LogP contribution is 2.33. The smallest absolute Gasteiger partial charge is 0.267 e. The maximum Gasteiger partial charge on any atom is 0.282 e. The van der Waals surface area contributed by atoms with Gasteiger partial charge in [-0.2, -0.15) is 10.1 Å². The van der Waals surface area contributed by atoms with Crippen molar-refractivity contribution in [2.24, 2.45) is 5.10 Å². The number of rotatable bonds is 7. The largest absolute Gasteiger partial charge is 0.282 e. The standard InChI is InChI=1S/C25H19ClFN3OS2/c1-3-5-21-23(4-2)33-25(28-21)30-24(31)20(14-16-6-10-18(27)11-7-16)22(29-30)15-32-19-12-8-17(26)9-13-19/h3-14H,2,15H2,1H3/b5-3-,20-14+. The molecule has 0 spiro atoms. The maximum atomic E-state index is 13.4. The number of thiazole rings is 1. The van der Waals surface area contributed by atoms with Crippen LogP contribution < -0.4 is 5.01 Å². The van der Waals surface area contributed by atoms with Gasteiger partial charge in [0.25, 0.3) is 5.91 Å². The molecule has 0 bridgehead atoms. The Morgan fingerprint density at radius 2 is 1.91 bits per heavy atom. The normalized spacial score (nSPS) is 15.0. The molecule has 0 unspecified atom stereocenters. The molecule has 0 radical (unpaired) electrons. The van der Waals surface area contributed by atoms with Gasteiger partial charge in [-0.1, -0.05) is 47.7 Å². The molecule has 0 aliphatic carbocycles. The number of hydrazone groups is 1. The van der Waals surface area contributed by atoms with Crippen molar-refractivity contribution in [3.63, 3.8) is 0 Å². The van der Waals surface area contributed by atoms with Crippen molar-refractivity contribution in [2.45, 2.75) is 11.8 Å². The summed E-state index contributed by atoms with van der Waals surface area (Å²) in [5.74, 6) is -0.138. The molecule has 3 aromatic rings. The van der Waals surface area contributed by atoms with E-state index in [2.05, 4.69) is 16.7 Å². The highest BCUT2D eigenvalue weighted by molar-refractivity contribution is 8.00. The van der Waals surface area contributed by atoms with Gasteiger partial charge in [-0.15, -0.1) is 11.8 Å². The number of hydrogen-bond donors (Lipinski definition) is 0. The van der Waals surface area contributed by atoms with E-state index in [0.29, 0.717) is 32.8 Å². The first kappa shape index (κ1) is 23.2. The van der Waals surface area contributed by atoms with Gasteiger partial charge in [0.1, 0.15) is 5.82 Å². The second kappa shape index (κ2) is 10.3. The molecule has 0 fully saturated rings. The number of thioether (sulfide) groups is 1. The van der Waals surface area contributed by atoms with E-state index in [4.69, 9.17) is 11.6 Å². The van der Waals surface area contributed by atoms with Crippen LogP contribution in [0.2, 0.25) is 5.02 Å². The van der Waals surface area contributed by atoms with Gasteiger partial charge < -0.3 is 0 Å². The molecule has 1 amide bonds. The van der Waals surface area contributed by atoms with Gasteiger partial charge >= 0.3 is 0 Å². The molecule has 2 aromatic carbocycles. The predicted molar refractivity (Wildman–Crippen MR) is 138 cm³/mol. The molecule has 33 heavy (non-hydrogen) atoms. The van der Waals surface area contributed by atoms with E-state index in [0.717, 1.165) is 15.5 Å². The fraction of sp³-hybridized carbons (Fsp3) is 0.0800. The van der Waals surface area contributed by atoms with Crippen molar-refractivity contribution in [3.8, 4) is 0 Å². The minimum atomic E-state index is -0.333. The number of carbonyl (C=O) groups is 1.